The van der Waals surface area contributed by atoms with Crippen LogP contribution in [0.5, 0.6) is 0 Å². The highest BCUT2D eigenvalue weighted by Crippen LogP contribution is 2.23. The van der Waals surface area contributed by atoms with Gasteiger partial charge in [0.15, 0.2) is 5.16 Å². The van der Waals surface area contributed by atoms with Gasteiger partial charge in [-0.15, -0.1) is 0 Å². The number of imidazole rings is 1. The fourth-order valence-electron chi connectivity index (χ4n) is 2.15. The van der Waals surface area contributed by atoms with Gasteiger partial charge in [-0.25, -0.2) is 4.98 Å². The third kappa shape index (κ3) is 3.86. The second kappa shape index (κ2) is 7.06. The second-order valence-electron chi connectivity index (χ2n) is 5.14. The zero-order chi connectivity index (χ0) is 16.2. The Kier molecular flexibility index (Phi) is 4.88. The number of benzene rings is 1. The van der Waals surface area contributed by atoms with Gasteiger partial charge in [0, 0.05) is 17.8 Å². The summed E-state index contributed by atoms with van der Waals surface area (Å²) in [7, 11) is 0. The van der Waals surface area contributed by atoms with E-state index in [0.29, 0.717) is 11.6 Å². The van der Waals surface area contributed by atoms with E-state index >= 15 is 0 Å². The Bertz CT molecular complexity index is 816. The fourth-order valence-corrected chi connectivity index (χ4v) is 3.18. The zero-order valence-electron chi connectivity index (χ0n) is 12.6. The molecule has 0 aliphatic rings. The van der Waals surface area contributed by atoms with Crippen LogP contribution < -0.4 is 5.32 Å². The van der Waals surface area contributed by atoms with Crippen LogP contribution in [0.25, 0.3) is 5.52 Å². The van der Waals surface area contributed by atoms with Crippen molar-refractivity contribution in [1.29, 1.82) is 0 Å². The molecule has 6 heteroatoms. The van der Waals surface area contributed by atoms with Crippen molar-refractivity contribution in [2.45, 2.75) is 23.9 Å². The molecule has 0 spiro atoms. The highest BCUT2D eigenvalue weighted by molar-refractivity contribution is 8.00. The second-order valence-corrected chi connectivity index (χ2v) is 6.89. The van der Waals surface area contributed by atoms with Gasteiger partial charge in [-0.3, -0.25) is 9.20 Å². The van der Waals surface area contributed by atoms with E-state index in [1.807, 2.05) is 60.0 Å². The van der Waals surface area contributed by atoms with Crippen molar-refractivity contribution in [3.63, 3.8) is 0 Å². The number of carbonyl (C=O) groups is 1. The number of fused-ring (bicyclic) bond motifs is 1. The van der Waals surface area contributed by atoms with Gasteiger partial charge in [0.25, 0.3) is 0 Å². The lowest BCUT2D eigenvalue weighted by atomic mass is 10.2. The van der Waals surface area contributed by atoms with Gasteiger partial charge >= 0.3 is 0 Å². The lowest BCUT2D eigenvalue weighted by Gasteiger charge is -2.11. The molecule has 4 nitrogen and oxygen atoms in total. The summed E-state index contributed by atoms with van der Waals surface area (Å²) >= 11 is 7.30. The summed E-state index contributed by atoms with van der Waals surface area (Å²) in [5.74, 6) is -0.0161. The minimum Gasteiger partial charge on any atom is -0.351 e. The third-order valence-electron chi connectivity index (χ3n) is 3.44. The Morgan fingerprint density at radius 1 is 1.30 bits per heavy atom. The van der Waals surface area contributed by atoms with E-state index in [1.54, 1.807) is 6.20 Å². The molecule has 3 aromatic rings. The monoisotopic (exact) mass is 345 g/mol. The molecule has 0 aliphatic carbocycles. The maximum Gasteiger partial charge on any atom is 0.233 e. The van der Waals surface area contributed by atoms with Crippen LogP contribution in [-0.2, 0) is 11.3 Å². The number of pyridine rings is 1. The zero-order valence-corrected chi connectivity index (χ0v) is 14.1. The van der Waals surface area contributed by atoms with Crippen molar-refractivity contribution in [1.82, 2.24) is 14.7 Å². The summed E-state index contributed by atoms with van der Waals surface area (Å²) in [5, 5.41) is 4.21. The molecule has 0 aliphatic heterocycles. The fraction of sp³-hybridized carbons (Fsp3) is 0.176. The van der Waals surface area contributed by atoms with Gasteiger partial charge < -0.3 is 5.32 Å². The van der Waals surface area contributed by atoms with Crippen molar-refractivity contribution >= 4 is 34.8 Å². The van der Waals surface area contributed by atoms with Gasteiger partial charge in [0.1, 0.15) is 0 Å². The first kappa shape index (κ1) is 15.9. The third-order valence-corrected chi connectivity index (χ3v) is 4.77. The van der Waals surface area contributed by atoms with Crippen molar-refractivity contribution in [3.8, 4) is 0 Å². The van der Waals surface area contributed by atoms with Crippen molar-refractivity contribution in [3.05, 3.63) is 65.4 Å². The molecular weight excluding hydrogens is 330 g/mol. The predicted molar refractivity (Wildman–Crippen MR) is 93.8 cm³/mol. The average molecular weight is 346 g/mol. The van der Waals surface area contributed by atoms with Gasteiger partial charge in [0.2, 0.25) is 5.91 Å². The summed E-state index contributed by atoms with van der Waals surface area (Å²) < 4.78 is 1.98. The van der Waals surface area contributed by atoms with Crippen LogP contribution >= 0.6 is 23.4 Å². The summed E-state index contributed by atoms with van der Waals surface area (Å²) in [4.78, 5) is 16.6. The molecule has 1 unspecified atom stereocenters. The smallest absolute Gasteiger partial charge is 0.233 e. The highest BCUT2D eigenvalue weighted by Gasteiger charge is 2.16. The van der Waals surface area contributed by atoms with Gasteiger partial charge in [-0.05, 0) is 36.8 Å². The van der Waals surface area contributed by atoms with Crippen LogP contribution in [0.1, 0.15) is 12.5 Å². The van der Waals surface area contributed by atoms with Crippen LogP contribution in [0.2, 0.25) is 5.02 Å². The molecule has 0 fully saturated rings. The Morgan fingerprint density at radius 3 is 2.87 bits per heavy atom. The van der Waals surface area contributed by atoms with E-state index in [-0.39, 0.29) is 11.2 Å². The molecule has 3 rings (SSSR count). The Morgan fingerprint density at radius 2 is 2.09 bits per heavy atom. The van der Waals surface area contributed by atoms with Gasteiger partial charge in [-0.1, -0.05) is 41.6 Å². The SMILES string of the molecule is CC(Sc1ncc2ccccn12)C(=O)NCc1ccc(Cl)cc1. The van der Waals surface area contributed by atoms with E-state index in [1.165, 1.54) is 11.8 Å². The van der Waals surface area contributed by atoms with E-state index in [4.69, 9.17) is 11.6 Å². The normalized spacial score (nSPS) is 12.3. The van der Waals surface area contributed by atoms with Crippen LogP contribution in [0.3, 0.4) is 0 Å². The quantitative estimate of drug-likeness (QED) is 0.716. The number of amides is 1. The highest BCUT2D eigenvalue weighted by atomic mass is 35.5. The van der Waals surface area contributed by atoms with Gasteiger partial charge in [-0.2, -0.15) is 0 Å². The van der Waals surface area contributed by atoms with Crippen molar-refractivity contribution in [2.24, 2.45) is 0 Å². The summed E-state index contributed by atoms with van der Waals surface area (Å²) in [6, 6.07) is 13.3. The van der Waals surface area contributed by atoms with Crippen LogP contribution in [0, 0.1) is 0 Å². The molecule has 23 heavy (non-hydrogen) atoms. The number of thioether (sulfide) groups is 1. The van der Waals surface area contributed by atoms with E-state index < -0.39 is 0 Å². The topological polar surface area (TPSA) is 46.4 Å². The van der Waals surface area contributed by atoms with Gasteiger partial charge in [0.05, 0.1) is 17.0 Å². The van der Waals surface area contributed by atoms with E-state index in [9.17, 15) is 4.79 Å². The van der Waals surface area contributed by atoms with E-state index in [2.05, 4.69) is 10.3 Å². The molecule has 118 valence electrons. The largest absolute Gasteiger partial charge is 0.351 e. The number of hydrogen-bond acceptors (Lipinski definition) is 3. The number of hydrogen-bond donors (Lipinski definition) is 1. The van der Waals surface area contributed by atoms with E-state index in [0.717, 1.165) is 16.2 Å². The molecule has 1 N–H and O–H groups in total. The average Bonchev–Trinajstić information content (AvgIpc) is 2.97. The lowest BCUT2D eigenvalue weighted by molar-refractivity contribution is -0.120. The summed E-state index contributed by atoms with van der Waals surface area (Å²) in [6.07, 6.45) is 3.75. The maximum atomic E-state index is 12.3. The molecule has 1 atom stereocenters. The number of carbonyl (C=O) groups excluding carboxylic acids is 1. The molecule has 1 aromatic carbocycles. The Labute approximate surface area is 143 Å². The molecule has 0 saturated heterocycles. The Balaban J connectivity index is 1.60. The number of nitrogens with one attached hydrogen (secondary N) is 1. The first-order valence-electron chi connectivity index (χ1n) is 7.24. The predicted octanol–water partition coefficient (Wildman–Crippen LogP) is 3.78. The standard InChI is InChI=1S/C17H16ClN3OS/c1-12(16(22)19-10-13-5-7-14(18)8-6-13)23-17-20-11-15-4-2-3-9-21(15)17/h2-9,11-12H,10H2,1H3,(H,19,22). The van der Waals surface area contributed by atoms with Crippen LogP contribution in [-0.4, -0.2) is 20.5 Å². The van der Waals surface area contributed by atoms with Crippen molar-refractivity contribution < 1.29 is 4.79 Å². The molecule has 2 aromatic heterocycles. The summed E-state index contributed by atoms with van der Waals surface area (Å²) in [6.45, 7) is 2.37. The number of nitrogens with zero attached hydrogens (tertiary/aromatic N) is 2. The molecule has 0 radical (unpaired) electrons. The lowest BCUT2D eigenvalue weighted by Crippen LogP contribution is -2.30. The minimum absolute atomic E-state index is 0.0161. The number of halogens is 1. The summed E-state index contributed by atoms with van der Waals surface area (Å²) in [5.41, 5.74) is 2.04. The first-order valence-corrected chi connectivity index (χ1v) is 8.50. The molecular formula is C17H16ClN3OS. The molecule has 1 amide bonds. The molecule has 0 bridgehead atoms. The van der Waals surface area contributed by atoms with Crippen molar-refractivity contribution in [2.75, 3.05) is 0 Å². The Hall–Kier alpha value is -1.98. The molecule has 2 heterocycles. The van der Waals surface area contributed by atoms with Crippen LogP contribution in [0.4, 0.5) is 0 Å². The number of rotatable bonds is 5. The molecule has 0 saturated carbocycles. The minimum atomic E-state index is -0.229. The van der Waals surface area contributed by atoms with Crippen LogP contribution in [0.15, 0.2) is 60.0 Å². The maximum absolute atomic E-state index is 12.3. The number of aromatic nitrogens is 2. The first-order chi connectivity index (χ1) is 11.1.